The molecule has 3 aromatic rings. The van der Waals surface area contributed by atoms with Crippen molar-refractivity contribution in [1.29, 1.82) is 0 Å². The minimum absolute atomic E-state index is 0.169. The second-order valence-corrected chi connectivity index (χ2v) is 9.90. The molecule has 1 aliphatic heterocycles. The first kappa shape index (κ1) is 17.7. The van der Waals surface area contributed by atoms with E-state index in [0.717, 1.165) is 45.9 Å². The van der Waals surface area contributed by atoms with Gasteiger partial charge >= 0.3 is 171 Å². The van der Waals surface area contributed by atoms with Gasteiger partial charge < -0.3 is 0 Å². The van der Waals surface area contributed by atoms with E-state index in [1.807, 2.05) is 53.1 Å². The first-order valence-electron chi connectivity index (χ1n) is 9.84. The zero-order valence-electron chi connectivity index (χ0n) is 15.6. The van der Waals surface area contributed by atoms with E-state index in [1.165, 1.54) is 5.57 Å². The number of carbonyl (C=O) groups is 2. The Labute approximate surface area is 170 Å². The number of rotatable bonds is 4. The molecule has 5 rings (SSSR count). The number of aromatic nitrogens is 1. The quantitative estimate of drug-likeness (QED) is 0.583. The fourth-order valence-electron chi connectivity index (χ4n) is 4.60. The zero-order valence-corrected chi connectivity index (χ0v) is 17.3. The van der Waals surface area contributed by atoms with Gasteiger partial charge in [-0.25, -0.2) is 0 Å². The van der Waals surface area contributed by atoms with Crippen LogP contribution in [0.4, 0.5) is 0 Å². The first-order valence-corrected chi connectivity index (χ1v) is 11.6. The molecule has 1 atom stereocenters. The van der Waals surface area contributed by atoms with Gasteiger partial charge in [0.25, 0.3) is 0 Å². The molecule has 0 bridgehead atoms. The van der Waals surface area contributed by atoms with Gasteiger partial charge in [0, 0.05) is 0 Å². The van der Waals surface area contributed by atoms with Crippen molar-refractivity contribution in [3.05, 3.63) is 71.9 Å². The predicted octanol–water partition coefficient (Wildman–Crippen LogP) is 3.97. The Balaban J connectivity index is 1.62. The number of fused-ring (bicyclic) bond motifs is 5. The van der Waals surface area contributed by atoms with E-state index in [2.05, 4.69) is 12.1 Å². The number of hydrogen-bond acceptors (Lipinski definition) is 2. The summed E-state index contributed by atoms with van der Waals surface area (Å²) in [6.45, 7) is 0. The summed E-state index contributed by atoms with van der Waals surface area (Å²) < 4.78 is 3.24. The molecule has 0 saturated heterocycles. The first-order chi connectivity index (χ1) is 13.7. The normalized spacial score (nSPS) is 18.5. The molecule has 0 saturated carbocycles. The second kappa shape index (κ2) is 7.20. The van der Waals surface area contributed by atoms with Crippen LogP contribution in [0.15, 0.2) is 60.7 Å². The Bertz CT molecular complexity index is 1110. The van der Waals surface area contributed by atoms with Crippen molar-refractivity contribution in [3.8, 4) is 0 Å². The molecule has 2 heterocycles. The maximum absolute atomic E-state index is 13.0. The van der Waals surface area contributed by atoms with Crippen molar-refractivity contribution in [3.63, 3.8) is 0 Å². The fourth-order valence-corrected chi connectivity index (χ4v) is 6.22. The van der Waals surface area contributed by atoms with Crippen LogP contribution >= 0.6 is 0 Å². The molecular formula is C24H21NO2Se. The predicted molar refractivity (Wildman–Crippen MR) is 113 cm³/mol. The molecular weight excluding hydrogens is 413 g/mol. The summed E-state index contributed by atoms with van der Waals surface area (Å²) in [6, 6.07) is 18.0. The van der Waals surface area contributed by atoms with Crippen LogP contribution in [0.25, 0.3) is 16.5 Å². The molecule has 140 valence electrons. The Morgan fingerprint density at radius 2 is 1.86 bits per heavy atom. The molecule has 4 heteroatoms. The number of allylic oxidation sites excluding steroid dienone is 2. The number of carbonyl (C=O) groups excluding carboxylic acids is 2. The van der Waals surface area contributed by atoms with Crippen molar-refractivity contribution in [2.75, 3.05) is 0 Å². The summed E-state index contributed by atoms with van der Waals surface area (Å²) in [5, 5.41) is 1.05. The van der Waals surface area contributed by atoms with Gasteiger partial charge in [-0.3, -0.25) is 0 Å². The Morgan fingerprint density at radius 1 is 1.07 bits per heavy atom. The molecule has 1 aromatic heterocycles. The third kappa shape index (κ3) is 2.97. The molecule has 0 spiro atoms. The number of para-hydroxylation sites is 1. The van der Waals surface area contributed by atoms with Crippen LogP contribution in [-0.4, -0.2) is 30.1 Å². The van der Waals surface area contributed by atoms with Crippen LogP contribution in [0.2, 0.25) is 0 Å². The van der Waals surface area contributed by atoms with E-state index >= 15 is 0 Å². The summed E-state index contributed by atoms with van der Waals surface area (Å²) in [6.07, 6.45) is 6.56. The number of benzene rings is 2. The summed E-state index contributed by atoms with van der Waals surface area (Å²) in [4.78, 5) is 26.0. The Morgan fingerprint density at radius 3 is 2.71 bits per heavy atom. The van der Waals surface area contributed by atoms with Crippen LogP contribution in [0.5, 0.6) is 0 Å². The van der Waals surface area contributed by atoms with Crippen LogP contribution in [0.3, 0.4) is 0 Å². The van der Waals surface area contributed by atoms with Gasteiger partial charge in [0.2, 0.25) is 0 Å². The molecule has 0 N–H and O–H groups in total. The van der Waals surface area contributed by atoms with Gasteiger partial charge in [-0.05, 0) is 0 Å². The van der Waals surface area contributed by atoms with Gasteiger partial charge in [-0.2, -0.15) is 0 Å². The molecule has 3 nitrogen and oxygen atoms in total. The summed E-state index contributed by atoms with van der Waals surface area (Å²) >= 11 is -0.212. The molecule has 1 unspecified atom stereocenters. The third-order valence-corrected chi connectivity index (χ3v) is 7.63. The topological polar surface area (TPSA) is 39.1 Å². The van der Waals surface area contributed by atoms with E-state index in [4.69, 9.17) is 0 Å². The summed E-state index contributed by atoms with van der Waals surface area (Å²) in [7, 11) is 0. The maximum atomic E-state index is 13.0. The SMILES string of the molecule is O=C(Cc1c2n(c3ccccc13)C(=O)CC1CCCC=C21)[Se]c1ccccc1. The van der Waals surface area contributed by atoms with Crippen LogP contribution in [-0.2, 0) is 11.2 Å². The summed E-state index contributed by atoms with van der Waals surface area (Å²) in [5.41, 5.74) is 4.29. The molecule has 2 aromatic carbocycles. The zero-order chi connectivity index (χ0) is 19.1. The molecule has 0 radical (unpaired) electrons. The standard InChI is InChI=1S/C24H21NO2Se/c26-22-14-16-8-4-5-11-18(16)24-20(19-12-6-7-13-21(19)25(22)24)15-23(27)28-17-9-2-1-3-10-17/h1-3,6-7,9-13,16H,4-5,8,14-15H2. The van der Waals surface area contributed by atoms with Crippen molar-refractivity contribution < 1.29 is 9.59 Å². The van der Waals surface area contributed by atoms with Crippen molar-refractivity contribution in [1.82, 2.24) is 4.57 Å². The third-order valence-electron chi connectivity index (χ3n) is 5.78. The van der Waals surface area contributed by atoms with E-state index in [9.17, 15) is 9.59 Å². The van der Waals surface area contributed by atoms with Crippen molar-refractivity contribution >= 4 is 46.5 Å². The second-order valence-electron chi connectivity index (χ2n) is 7.53. The van der Waals surface area contributed by atoms with E-state index in [0.29, 0.717) is 18.8 Å². The van der Waals surface area contributed by atoms with Gasteiger partial charge in [0.15, 0.2) is 0 Å². The van der Waals surface area contributed by atoms with Crippen molar-refractivity contribution in [2.24, 2.45) is 5.92 Å². The average Bonchev–Trinajstić information content (AvgIpc) is 3.04. The fraction of sp³-hybridized carbons (Fsp3) is 0.250. The van der Waals surface area contributed by atoms with Crippen LogP contribution in [0.1, 0.15) is 41.7 Å². The Hall–Kier alpha value is -2.42. The van der Waals surface area contributed by atoms with Crippen molar-refractivity contribution in [2.45, 2.75) is 32.1 Å². The number of nitrogens with zero attached hydrogens (tertiary/aromatic N) is 1. The Kier molecular flexibility index (Phi) is 4.54. The van der Waals surface area contributed by atoms with E-state index in [-0.39, 0.29) is 25.5 Å². The minimum atomic E-state index is -0.212. The van der Waals surface area contributed by atoms with Gasteiger partial charge in [0.1, 0.15) is 0 Å². The molecule has 1 aliphatic carbocycles. The monoisotopic (exact) mass is 435 g/mol. The molecule has 0 amide bonds. The number of hydrogen-bond donors (Lipinski definition) is 0. The van der Waals surface area contributed by atoms with Gasteiger partial charge in [0.05, 0.1) is 0 Å². The average molecular weight is 434 g/mol. The molecule has 2 aliphatic rings. The van der Waals surface area contributed by atoms with E-state index in [1.54, 1.807) is 0 Å². The molecule has 28 heavy (non-hydrogen) atoms. The van der Waals surface area contributed by atoms with Crippen LogP contribution in [0, 0.1) is 5.92 Å². The van der Waals surface area contributed by atoms with Gasteiger partial charge in [-0.1, -0.05) is 0 Å². The molecule has 0 fully saturated rings. The van der Waals surface area contributed by atoms with Gasteiger partial charge in [-0.15, -0.1) is 0 Å². The van der Waals surface area contributed by atoms with Crippen LogP contribution < -0.4 is 4.46 Å². The van der Waals surface area contributed by atoms with E-state index < -0.39 is 0 Å². The summed E-state index contributed by atoms with van der Waals surface area (Å²) in [5.74, 6) is 0.481.